The lowest BCUT2D eigenvalue weighted by atomic mass is 9.76. The number of fused-ring (bicyclic) bond motifs is 1. The van der Waals surface area contributed by atoms with Crippen molar-refractivity contribution in [1.29, 1.82) is 0 Å². The first kappa shape index (κ1) is 21.3. The third-order valence-corrected chi connectivity index (χ3v) is 6.29. The summed E-state index contributed by atoms with van der Waals surface area (Å²) < 4.78 is 6.52. The Morgan fingerprint density at radius 2 is 1.90 bits per heavy atom. The summed E-state index contributed by atoms with van der Waals surface area (Å²) in [4.78, 5) is 31.4. The number of likely N-dealkylation sites (tertiary alicyclic amines) is 1. The summed E-state index contributed by atoms with van der Waals surface area (Å²) in [7, 11) is 0. The fourth-order valence-corrected chi connectivity index (χ4v) is 4.62. The van der Waals surface area contributed by atoms with E-state index < -0.39 is 0 Å². The molecule has 2 aliphatic rings. The molecule has 6 heteroatoms. The van der Waals surface area contributed by atoms with Gasteiger partial charge in [0.2, 0.25) is 5.91 Å². The summed E-state index contributed by atoms with van der Waals surface area (Å²) in [5.41, 5.74) is 1.26. The number of hydrogen-bond donors (Lipinski definition) is 1. The highest BCUT2D eigenvalue weighted by molar-refractivity contribution is 5.92. The van der Waals surface area contributed by atoms with Gasteiger partial charge < -0.3 is 15.0 Å². The van der Waals surface area contributed by atoms with Crippen molar-refractivity contribution < 1.29 is 14.3 Å². The minimum Gasteiger partial charge on any atom is -0.487 e. The lowest BCUT2D eigenvalue weighted by molar-refractivity contribution is -0.122. The minimum absolute atomic E-state index is 0.0312. The van der Waals surface area contributed by atoms with Crippen molar-refractivity contribution in [2.45, 2.75) is 51.0 Å². The standard InChI is InChI=1S/C25H31N3O3/c1-18(2)17-27-23(29)15-19-16-25(31-22-9-4-3-7-20(19)22)10-13-28(14-11-25)24(30)21-8-5-6-12-26-21/h3-9,12,18-19H,10-11,13-17H2,1-2H3,(H,27,29). The lowest BCUT2D eigenvalue weighted by Gasteiger charge is -2.46. The molecule has 1 aromatic carbocycles. The largest absolute Gasteiger partial charge is 0.487 e. The first-order chi connectivity index (χ1) is 15.0. The number of ether oxygens (including phenoxy) is 1. The van der Waals surface area contributed by atoms with Crippen LogP contribution in [0.4, 0.5) is 0 Å². The third-order valence-electron chi connectivity index (χ3n) is 6.29. The topological polar surface area (TPSA) is 71.5 Å². The average Bonchev–Trinajstić information content (AvgIpc) is 2.78. The second-order valence-electron chi connectivity index (χ2n) is 9.13. The number of nitrogens with one attached hydrogen (secondary N) is 1. The van der Waals surface area contributed by atoms with Crippen molar-refractivity contribution in [1.82, 2.24) is 15.2 Å². The highest BCUT2D eigenvalue weighted by atomic mass is 16.5. The van der Waals surface area contributed by atoms with Crippen molar-refractivity contribution in [2.75, 3.05) is 19.6 Å². The van der Waals surface area contributed by atoms with Crippen LogP contribution in [0.2, 0.25) is 0 Å². The van der Waals surface area contributed by atoms with Gasteiger partial charge in [0, 0.05) is 51.0 Å². The summed E-state index contributed by atoms with van der Waals surface area (Å²) in [6.45, 7) is 6.14. The molecule has 6 nitrogen and oxygen atoms in total. The Kier molecular flexibility index (Phi) is 6.25. The van der Waals surface area contributed by atoms with Crippen LogP contribution in [-0.4, -0.2) is 46.9 Å². The molecule has 2 aromatic rings. The van der Waals surface area contributed by atoms with Gasteiger partial charge >= 0.3 is 0 Å². The SMILES string of the molecule is CC(C)CNC(=O)CC1CC2(CCN(C(=O)c3ccccn3)CC2)Oc2ccccc21. The molecule has 1 aromatic heterocycles. The Bertz CT molecular complexity index is 921. The zero-order valence-electron chi connectivity index (χ0n) is 18.3. The van der Waals surface area contributed by atoms with E-state index in [1.807, 2.05) is 35.2 Å². The van der Waals surface area contributed by atoms with Crippen LogP contribution < -0.4 is 10.1 Å². The number of pyridine rings is 1. The first-order valence-corrected chi connectivity index (χ1v) is 11.2. The van der Waals surface area contributed by atoms with Crippen LogP contribution in [0.15, 0.2) is 48.7 Å². The molecular formula is C25H31N3O3. The molecule has 0 aliphatic carbocycles. The molecule has 1 spiro atoms. The van der Waals surface area contributed by atoms with Gasteiger partial charge in [-0.25, -0.2) is 0 Å². The summed E-state index contributed by atoms with van der Waals surface area (Å²) in [5, 5.41) is 3.05. The maximum absolute atomic E-state index is 12.8. The molecule has 2 amide bonds. The van der Waals surface area contributed by atoms with Crippen LogP contribution in [0.5, 0.6) is 5.75 Å². The first-order valence-electron chi connectivity index (χ1n) is 11.2. The molecule has 31 heavy (non-hydrogen) atoms. The molecule has 1 atom stereocenters. The molecule has 0 radical (unpaired) electrons. The van der Waals surface area contributed by atoms with Crippen molar-refractivity contribution in [3.63, 3.8) is 0 Å². The van der Waals surface area contributed by atoms with Crippen LogP contribution in [0.3, 0.4) is 0 Å². The molecule has 4 rings (SSSR count). The van der Waals surface area contributed by atoms with Crippen molar-refractivity contribution in [2.24, 2.45) is 5.92 Å². The fourth-order valence-electron chi connectivity index (χ4n) is 4.62. The Hall–Kier alpha value is -2.89. The quantitative estimate of drug-likeness (QED) is 0.797. The summed E-state index contributed by atoms with van der Waals surface area (Å²) >= 11 is 0. The van der Waals surface area contributed by atoms with Crippen LogP contribution in [0.1, 0.15) is 61.5 Å². The van der Waals surface area contributed by atoms with Gasteiger partial charge in [0.1, 0.15) is 17.0 Å². The molecule has 3 heterocycles. The second kappa shape index (κ2) is 9.08. The predicted octanol–water partition coefficient (Wildman–Crippen LogP) is 3.79. The lowest BCUT2D eigenvalue weighted by Crippen LogP contribution is -2.52. The normalized spacial score (nSPS) is 19.6. The van der Waals surface area contributed by atoms with Crippen LogP contribution in [0.25, 0.3) is 0 Å². The van der Waals surface area contributed by atoms with Gasteiger partial charge in [0.05, 0.1) is 0 Å². The second-order valence-corrected chi connectivity index (χ2v) is 9.13. The molecule has 1 unspecified atom stereocenters. The van der Waals surface area contributed by atoms with Crippen LogP contribution >= 0.6 is 0 Å². The van der Waals surface area contributed by atoms with Crippen molar-refractivity contribution >= 4 is 11.8 Å². The molecule has 1 fully saturated rings. The van der Waals surface area contributed by atoms with Gasteiger partial charge in [0.15, 0.2) is 0 Å². The number of rotatable bonds is 5. The Morgan fingerprint density at radius 3 is 2.61 bits per heavy atom. The van der Waals surface area contributed by atoms with Gasteiger partial charge in [-0.2, -0.15) is 0 Å². The number of carbonyl (C=O) groups is 2. The maximum Gasteiger partial charge on any atom is 0.272 e. The predicted molar refractivity (Wildman–Crippen MR) is 119 cm³/mol. The molecule has 0 saturated carbocycles. The van der Waals surface area contributed by atoms with E-state index in [4.69, 9.17) is 4.74 Å². The summed E-state index contributed by atoms with van der Waals surface area (Å²) in [6.07, 6.45) is 4.42. The van der Waals surface area contributed by atoms with E-state index in [1.165, 1.54) is 0 Å². The monoisotopic (exact) mass is 421 g/mol. The highest BCUT2D eigenvalue weighted by Crippen LogP contribution is 2.46. The fraction of sp³-hybridized carbons (Fsp3) is 0.480. The Labute approximate surface area is 184 Å². The Balaban J connectivity index is 1.46. The molecule has 1 saturated heterocycles. The Morgan fingerprint density at radius 1 is 1.16 bits per heavy atom. The van der Waals surface area contributed by atoms with Gasteiger partial charge in [-0.3, -0.25) is 14.6 Å². The maximum atomic E-state index is 12.8. The molecule has 164 valence electrons. The smallest absolute Gasteiger partial charge is 0.272 e. The van der Waals surface area contributed by atoms with E-state index in [0.717, 1.165) is 30.6 Å². The van der Waals surface area contributed by atoms with Gasteiger partial charge in [-0.05, 0) is 36.1 Å². The zero-order valence-corrected chi connectivity index (χ0v) is 18.3. The summed E-state index contributed by atoms with van der Waals surface area (Å²) in [5.74, 6) is 1.48. The number of aromatic nitrogens is 1. The third kappa shape index (κ3) is 4.89. The van der Waals surface area contributed by atoms with E-state index >= 15 is 0 Å². The van der Waals surface area contributed by atoms with Gasteiger partial charge in [-0.1, -0.05) is 38.1 Å². The van der Waals surface area contributed by atoms with E-state index in [1.54, 1.807) is 12.3 Å². The molecular weight excluding hydrogens is 390 g/mol. The van der Waals surface area contributed by atoms with E-state index in [-0.39, 0.29) is 23.3 Å². The van der Waals surface area contributed by atoms with Gasteiger partial charge in [0.25, 0.3) is 5.91 Å². The minimum atomic E-state index is -0.335. The van der Waals surface area contributed by atoms with Crippen molar-refractivity contribution in [3.05, 3.63) is 59.9 Å². The number of nitrogens with zero attached hydrogens (tertiary/aromatic N) is 2. The van der Waals surface area contributed by atoms with Crippen LogP contribution in [0, 0.1) is 5.92 Å². The summed E-state index contributed by atoms with van der Waals surface area (Å²) in [6, 6.07) is 13.5. The number of hydrogen-bond acceptors (Lipinski definition) is 4. The van der Waals surface area contributed by atoms with E-state index in [0.29, 0.717) is 37.7 Å². The van der Waals surface area contributed by atoms with Crippen LogP contribution in [-0.2, 0) is 4.79 Å². The average molecular weight is 422 g/mol. The molecule has 2 aliphatic heterocycles. The number of amides is 2. The highest BCUT2D eigenvalue weighted by Gasteiger charge is 2.44. The molecule has 0 bridgehead atoms. The van der Waals surface area contributed by atoms with Crippen molar-refractivity contribution in [3.8, 4) is 5.75 Å². The molecule has 1 N–H and O–H groups in total. The zero-order chi connectivity index (χ0) is 21.8. The number of carbonyl (C=O) groups excluding carboxylic acids is 2. The van der Waals surface area contributed by atoms with E-state index in [2.05, 4.69) is 30.2 Å². The van der Waals surface area contributed by atoms with E-state index in [9.17, 15) is 9.59 Å². The van der Waals surface area contributed by atoms with Gasteiger partial charge in [-0.15, -0.1) is 0 Å². The number of piperidine rings is 1. The number of benzene rings is 1. The number of para-hydroxylation sites is 1.